The highest BCUT2D eigenvalue weighted by Crippen LogP contribution is 2.51. The molecule has 8 rings (SSSR count). The lowest BCUT2D eigenvalue weighted by Crippen LogP contribution is -3.00. The Morgan fingerprint density at radius 3 is 2.49 bits per heavy atom. The molecule has 0 spiro atoms. The summed E-state index contributed by atoms with van der Waals surface area (Å²) in [4.78, 5) is 16.2. The van der Waals surface area contributed by atoms with Gasteiger partial charge in [0, 0.05) is 19.4 Å². The molecule has 45 heavy (non-hydrogen) atoms. The largest absolute Gasteiger partial charge is 1.00 e. The van der Waals surface area contributed by atoms with E-state index in [-0.39, 0.29) is 22.9 Å². The Bertz CT molecular complexity index is 2070. The van der Waals surface area contributed by atoms with E-state index in [2.05, 4.69) is 119 Å². The first kappa shape index (κ1) is 29.3. The smallest absolute Gasteiger partial charge is 0.254 e. The molecule has 0 N–H and O–H groups in total. The first-order valence-corrected chi connectivity index (χ1v) is 15.6. The van der Waals surface area contributed by atoms with Crippen molar-refractivity contribution in [1.82, 2.24) is 4.57 Å². The van der Waals surface area contributed by atoms with Crippen molar-refractivity contribution < 1.29 is 31.1 Å². The number of imidazole rings is 1. The van der Waals surface area contributed by atoms with Gasteiger partial charge in [0.05, 0.1) is 25.8 Å². The Morgan fingerprint density at radius 2 is 1.62 bits per heavy atom. The van der Waals surface area contributed by atoms with Crippen LogP contribution in [0.5, 0.6) is 5.75 Å². The molecule has 1 amide bonds. The lowest BCUT2D eigenvalue weighted by atomic mass is 9.81. The summed E-state index contributed by atoms with van der Waals surface area (Å²) in [5.41, 5.74) is 8.54. The fourth-order valence-corrected chi connectivity index (χ4v) is 7.82. The van der Waals surface area contributed by atoms with Crippen LogP contribution in [-0.2, 0) is 24.3 Å². The number of para-hydroxylation sites is 3. The number of amides is 1. The lowest BCUT2D eigenvalue weighted by molar-refractivity contribution is -0.669. The normalized spacial score (nSPS) is 16.6. The third-order valence-electron chi connectivity index (χ3n) is 9.87. The molecule has 5 aromatic carbocycles. The number of anilines is 1. The first-order valence-electron chi connectivity index (χ1n) is 15.6. The van der Waals surface area contributed by atoms with Crippen molar-refractivity contribution in [1.29, 1.82) is 0 Å². The summed E-state index contributed by atoms with van der Waals surface area (Å²) in [6, 6.07) is 38.8. The van der Waals surface area contributed by atoms with E-state index >= 15 is 0 Å². The molecular formula is C39H36BrN3O2. The van der Waals surface area contributed by atoms with Crippen molar-refractivity contribution in [3.63, 3.8) is 0 Å². The number of rotatable bonds is 6. The monoisotopic (exact) mass is 657 g/mol. The SMILES string of the molecule is COc1cccc2c1N(C(=O)CCn1c(C)[n+](Cc3ccc4ccccc4c3)c3ccccc31)C[C@@H]1Cc3ccccc3[C@H]21.[Br-]. The molecule has 2 heterocycles. The van der Waals surface area contributed by atoms with Gasteiger partial charge in [-0.3, -0.25) is 4.79 Å². The molecule has 2 aliphatic rings. The van der Waals surface area contributed by atoms with Gasteiger partial charge >= 0.3 is 0 Å². The number of ether oxygens (including phenoxy) is 1. The number of fused-ring (bicyclic) bond motifs is 7. The highest BCUT2D eigenvalue weighted by Gasteiger charge is 2.42. The van der Waals surface area contributed by atoms with Gasteiger partial charge in [0.25, 0.3) is 5.82 Å². The predicted molar refractivity (Wildman–Crippen MR) is 175 cm³/mol. The molecule has 1 aliphatic heterocycles. The van der Waals surface area contributed by atoms with Gasteiger partial charge in [-0.1, -0.05) is 84.9 Å². The molecule has 1 aliphatic carbocycles. The van der Waals surface area contributed by atoms with Gasteiger partial charge in [-0.25, -0.2) is 9.13 Å². The maximum Gasteiger partial charge on any atom is 0.254 e. The fourth-order valence-electron chi connectivity index (χ4n) is 7.82. The van der Waals surface area contributed by atoms with Crippen LogP contribution in [0, 0.1) is 12.8 Å². The molecule has 2 atom stereocenters. The van der Waals surface area contributed by atoms with Gasteiger partial charge in [-0.05, 0) is 69.6 Å². The third kappa shape index (κ3) is 4.92. The minimum absolute atomic E-state index is 0. The van der Waals surface area contributed by atoms with Gasteiger partial charge in [0.2, 0.25) is 5.91 Å². The molecule has 0 radical (unpaired) electrons. The number of methoxy groups -OCH3 is 1. The average molecular weight is 659 g/mol. The first-order chi connectivity index (χ1) is 21.6. The van der Waals surface area contributed by atoms with Gasteiger partial charge in [-0.15, -0.1) is 0 Å². The second kappa shape index (κ2) is 11.8. The maximum atomic E-state index is 14.2. The Balaban J connectivity index is 0.00000325. The van der Waals surface area contributed by atoms with E-state index in [4.69, 9.17) is 4.74 Å². The Hall–Kier alpha value is -4.42. The molecule has 0 saturated heterocycles. The van der Waals surface area contributed by atoms with Crippen molar-refractivity contribution in [2.75, 3.05) is 18.6 Å². The number of carbonyl (C=O) groups excluding carboxylic acids is 1. The number of nitrogens with zero attached hydrogens (tertiary/aromatic N) is 3. The Labute approximate surface area is 274 Å². The molecule has 0 saturated carbocycles. The number of benzene rings is 5. The Kier molecular flexibility index (Phi) is 7.70. The van der Waals surface area contributed by atoms with Crippen LogP contribution in [0.1, 0.15) is 40.4 Å². The molecular weight excluding hydrogens is 622 g/mol. The van der Waals surface area contributed by atoms with E-state index in [0.29, 0.717) is 31.3 Å². The summed E-state index contributed by atoms with van der Waals surface area (Å²) in [6.45, 7) is 4.27. The molecule has 1 aromatic heterocycles. The van der Waals surface area contributed by atoms with Crippen LogP contribution in [-0.4, -0.2) is 24.1 Å². The molecule has 0 unspecified atom stereocenters. The van der Waals surface area contributed by atoms with Crippen LogP contribution in [0.15, 0.2) is 109 Å². The van der Waals surface area contributed by atoms with Crippen molar-refractivity contribution in [3.05, 3.63) is 137 Å². The number of aryl methyl sites for hydroxylation is 1. The van der Waals surface area contributed by atoms with Gasteiger partial charge in [-0.2, -0.15) is 0 Å². The highest BCUT2D eigenvalue weighted by atomic mass is 79.9. The summed E-state index contributed by atoms with van der Waals surface area (Å²) >= 11 is 0. The zero-order valence-electron chi connectivity index (χ0n) is 25.6. The van der Waals surface area contributed by atoms with E-state index in [1.54, 1.807) is 7.11 Å². The summed E-state index contributed by atoms with van der Waals surface area (Å²) < 4.78 is 10.5. The lowest BCUT2D eigenvalue weighted by Gasteiger charge is -2.38. The van der Waals surface area contributed by atoms with Gasteiger partial charge in [0.15, 0.2) is 11.0 Å². The zero-order valence-corrected chi connectivity index (χ0v) is 27.2. The standard InChI is InChI=1S/C39H36N3O2.BrH/c1-26-40(34-15-7-8-16-35(34)41(26)24-27-18-19-28-10-3-4-11-29(28)22-27)21-20-37(43)42-25-31-23-30-12-5-6-13-32(30)38(31)33-14-9-17-36(44-2)39(33)42;/h3-19,22,31,38H,20-21,23-25H2,1-2H3;1H/q+1;/p-1/t31-,38+;/m0./s1. The quantitative estimate of drug-likeness (QED) is 0.252. The number of aromatic nitrogens is 2. The average Bonchev–Trinajstić information content (AvgIpc) is 3.57. The Morgan fingerprint density at radius 1 is 0.867 bits per heavy atom. The van der Waals surface area contributed by atoms with E-state index in [0.717, 1.165) is 35.7 Å². The van der Waals surface area contributed by atoms with Crippen LogP contribution >= 0.6 is 0 Å². The molecule has 6 aromatic rings. The number of halogens is 1. The maximum absolute atomic E-state index is 14.2. The minimum Gasteiger partial charge on any atom is -1.00 e. The minimum atomic E-state index is 0. The molecule has 6 heteroatoms. The third-order valence-corrected chi connectivity index (χ3v) is 9.87. The van der Waals surface area contributed by atoms with E-state index in [9.17, 15) is 4.79 Å². The second-order valence-electron chi connectivity index (χ2n) is 12.2. The van der Waals surface area contributed by atoms with Crippen LogP contribution < -0.4 is 31.2 Å². The summed E-state index contributed by atoms with van der Waals surface area (Å²) in [6.07, 6.45) is 1.41. The van der Waals surface area contributed by atoms with Crippen molar-refractivity contribution in [2.45, 2.75) is 38.8 Å². The summed E-state index contributed by atoms with van der Waals surface area (Å²) in [7, 11) is 1.70. The molecule has 226 valence electrons. The number of carbonyl (C=O) groups is 1. The van der Waals surface area contributed by atoms with Gasteiger partial charge < -0.3 is 26.6 Å². The number of hydrogen-bond acceptors (Lipinski definition) is 2. The zero-order chi connectivity index (χ0) is 29.8. The predicted octanol–water partition coefficient (Wildman–Crippen LogP) is 4.19. The van der Waals surface area contributed by atoms with Crippen LogP contribution in [0.4, 0.5) is 5.69 Å². The topological polar surface area (TPSA) is 38.4 Å². The molecule has 5 nitrogen and oxygen atoms in total. The van der Waals surface area contributed by atoms with Crippen LogP contribution in [0.2, 0.25) is 0 Å². The van der Waals surface area contributed by atoms with Crippen LogP contribution in [0.3, 0.4) is 0 Å². The summed E-state index contributed by atoms with van der Waals surface area (Å²) in [5, 5.41) is 2.50. The number of hydrogen-bond donors (Lipinski definition) is 0. The fraction of sp³-hybridized carbons (Fsp3) is 0.231. The second-order valence-corrected chi connectivity index (χ2v) is 12.2. The molecule has 0 bridgehead atoms. The molecule has 0 fully saturated rings. The summed E-state index contributed by atoms with van der Waals surface area (Å²) in [5.74, 6) is 2.73. The van der Waals surface area contributed by atoms with Crippen molar-refractivity contribution >= 4 is 33.4 Å². The van der Waals surface area contributed by atoms with Gasteiger partial charge in [0.1, 0.15) is 12.3 Å². The van der Waals surface area contributed by atoms with Crippen LogP contribution in [0.25, 0.3) is 21.8 Å². The van der Waals surface area contributed by atoms with Crippen molar-refractivity contribution in [2.24, 2.45) is 5.92 Å². The van der Waals surface area contributed by atoms with E-state index in [1.165, 1.54) is 38.5 Å². The highest BCUT2D eigenvalue weighted by molar-refractivity contribution is 5.97. The van der Waals surface area contributed by atoms with E-state index in [1.807, 2.05) is 11.0 Å². The van der Waals surface area contributed by atoms with Crippen molar-refractivity contribution in [3.8, 4) is 5.75 Å². The van der Waals surface area contributed by atoms with E-state index < -0.39 is 0 Å².